The second-order valence-electron chi connectivity index (χ2n) is 4.13. The van der Waals surface area contributed by atoms with E-state index in [0.717, 1.165) is 3.57 Å². The number of anilines is 1. The number of amides is 1. The number of hydrogen-bond acceptors (Lipinski definition) is 2. The lowest BCUT2D eigenvalue weighted by atomic mass is 10.2. The lowest BCUT2D eigenvalue weighted by Crippen LogP contribution is -2.14. The van der Waals surface area contributed by atoms with Gasteiger partial charge in [-0.05, 0) is 69.7 Å². The zero-order valence-corrected chi connectivity index (χ0v) is 15.6. The summed E-state index contributed by atoms with van der Waals surface area (Å²) in [6, 6.07) is 10.8. The molecule has 2 rings (SSSR count). The molecule has 0 unspecified atom stereocenters. The van der Waals surface area contributed by atoms with Crippen LogP contribution < -0.4 is 10.1 Å². The molecule has 0 aliphatic rings. The van der Waals surface area contributed by atoms with Gasteiger partial charge >= 0.3 is 0 Å². The minimum absolute atomic E-state index is 0.199. The summed E-state index contributed by atoms with van der Waals surface area (Å²) in [6.07, 6.45) is 0. The van der Waals surface area contributed by atoms with Crippen molar-refractivity contribution in [1.29, 1.82) is 0 Å². The van der Waals surface area contributed by atoms with Gasteiger partial charge in [-0.3, -0.25) is 4.79 Å². The van der Waals surface area contributed by atoms with Gasteiger partial charge in [0, 0.05) is 8.59 Å². The zero-order valence-electron chi connectivity index (χ0n) is 11.1. The fourth-order valence-corrected chi connectivity index (χ4v) is 3.34. The molecule has 0 aliphatic carbocycles. The number of nitrogens with one attached hydrogen (secondary N) is 1. The van der Waals surface area contributed by atoms with E-state index in [-0.39, 0.29) is 5.91 Å². The van der Waals surface area contributed by atoms with E-state index in [9.17, 15) is 4.79 Å². The van der Waals surface area contributed by atoms with E-state index in [1.807, 2.05) is 25.1 Å². The van der Waals surface area contributed by atoms with E-state index in [4.69, 9.17) is 16.3 Å². The molecule has 1 N–H and O–H groups in total. The number of hydrogen-bond donors (Lipinski definition) is 1. The lowest BCUT2D eigenvalue weighted by Gasteiger charge is -2.14. The fourth-order valence-electron chi connectivity index (χ4n) is 1.78. The molecule has 3 nitrogen and oxygen atoms in total. The molecule has 0 saturated carbocycles. The predicted molar refractivity (Wildman–Crippen MR) is 97.4 cm³/mol. The van der Waals surface area contributed by atoms with Gasteiger partial charge in [-0.15, -0.1) is 0 Å². The first-order chi connectivity index (χ1) is 10.0. The summed E-state index contributed by atoms with van der Waals surface area (Å²) < 4.78 is 7.15. The van der Waals surface area contributed by atoms with Crippen molar-refractivity contribution >= 4 is 61.7 Å². The Morgan fingerprint density at radius 2 is 2.10 bits per heavy atom. The van der Waals surface area contributed by atoms with Gasteiger partial charge in [0.2, 0.25) is 0 Å². The maximum atomic E-state index is 12.4. The second-order valence-corrected chi connectivity index (χ2v) is 6.58. The van der Waals surface area contributed by atoms with Crippen LogP contribution in [-0.2, 0) is 0 Å². The molecule has 0 aromatic heterocycles. The molecule has 110 valence electrons. The minimum Gasteiger partial charge on any atom is -0.491 e. The Balaban J connectivity index is 2.35. The summed E-state index contributed by atoms with van der Waals surface area (Å²) in [5.74, 6) is 0.372. The highest BCUT2D eigenvalue weighted by atomic mass is 127. The normalized spacial score (nSPS) is 10.3. The average molecular weight is 481 g/mol. The Hall–Kier alpha value is -0.790. The highest BCUT2D eigenvalue weighted by Gasteiger charge is 2.15. The molecule has 0 fully saturated rings. The van der Waals surface area contributed by atoms with E-state index in [1.54, 1.807) is 18.2 Å². The molecule has 0 spiro atoms. The third-order valence-electron chi connectivity index (χ3n) is 2.66. The van der Waals surface area contributed by atoms with Gasteiger partial charge in [-0.1, -0.05) is 23.7 Å². The van der Waals surface area contributed by atoms with Crippen molar-refractivity contribution in [3.05, 3.63) is 55.0 Å². The smallest absolute Gasteiger partial charge is 0.256 e. The Morgan fingerprint density at radius 3 is 2.76 bits per heavy atom. The van der Waals surface area contributed by atoms with Crippen molar-refractivity contribution in [2.75, 3.05) is 11.9 Å². The molecule has 1 amide bonds. The molecule has 0 heterocycles. The van der Waals surface area contributed by atoms with Gasteiger partial charge in [-0.2, -0.15) is 0 Å². The van der Waals surface area contributed by atoms with Gasteiger partial charge in [0.1, 0.15) is 0 Å². The second kappa shape index (κ2) is 7.47. The van der Waals surface area contributed by atoms with Crippen LogP contribution in [0.2, 0.25) is 5.02 Å². The Bertz CT molecular complexity index is 679. The van der Waals surface area contributed by atoms with Crippen molar-refractivity contribution in [2.24, 2.45) is 0 Å². The quantitative estimate of drug-likeness (QED) is 0.599. The van der Waals surface area contributed by atoms with Crippen LogP contribution in [0.3, 0.4) is 0 Å². The van der Waals surface area contributed by atoms with E-state index in [1.165, 1.54) is 0 Å². The lowest BCUT2D eigenvalue weighted by molar-refractivity contribution is 0.102. The molecule has 2 aromatic carbocycles. The first-order valence-corrected chi connectivity index (χ1v) is 8.45. The maximum absolute atomic E-state index is 12.4. The van der Waals surface area contributed by atoms with Crippen LogP contribution in [0.5, 0.6) is 5.75 Å². The molecule has 0 radical (unpaired) electrons. The Labute approximate surface area is 150 Å². The van der Waals surface area contributed by atoms with E-state index < -0.39 is 0 Å². The Kier molecular flexibility index (Phi) is 5.89. The SMILES string of the molecule is CCOc1c(Br)cc(Cl)cc1NC(=O)c1ccccc1I. The van der Waals surface area contributed by atoms with E-state index in [2.05, 4.69) is 43.8 Å². The van der Waals surface area contributed by atoms with Gasteiger partial charge in [0.05, 0.1) is 22.3 Å². The molecule has 2 aromatic rings. The van der Waals surface area contributed by atoms with Crippen LogP contribution in [0.1, 0.15) is 17.3 Å². The van der Waals surface area contributed by atoms with Gasteiger partial charge in [0.15, 0.2) is 5.75 Å². The molecule has 21 heavy (non-hydrogen) atoms. The number of carbonyl (C=O) groups is 1. The van der Waals surface area contributed by atoms with Gasteiger partial charge in [-0.25, -0.2) is 0 Å². The molecule has 0 aliphatic heterocycles. The van der Waals surface area contributed by atoms with E-state index in [0.29, 0.717) is 33.1 Å². The summed E-state index contributed by atoms with van der Waals surface area (Å²) in [7, 11) is 0. The largest absolute Gasteiger partial charge is 0.491 e. The standard InChI is InChI=1S/C15H12BrClINO2/c1-2-21-14-11(16)7-9(17)8-13(14)19-15(20)10-5-3-4-6-12(10)18/h3-8H,2H2,1H3,(H,19,20). The van der Waals surface area contributed by atoms with Crippen LogP contribution in [0.15, 0.2) is 40.9 Å². The minimum atomic E-state index is -0.199. The molecular formula is C15H12BrClINO2. The number of benzene rings is 2. The fraction of sp³-hybridized carbons (Fsp3) is 0.133. The third-order valence-corrected chi connectivity index (χ3v) is 4.41. The van der Waals surface area contributed by atoms with Crippen molar-refractivity contribution in [2.45, 2.75) is 6.92 Å². The van der Waals surface area contributed by atoms with Crippen molar-refractivity contribution in [3.8, 4) is 5.75 Å². The van der Waals surface area contributed by atoms with Crippen LogP contribution in [0.25, 0.3) is 0 Å². The Morgan fingerprint density at radius 1 is 1.38 bits per heavy atom. The number of halogens is 3. The molecular weight excluding hydrogens is 468 g/mol. The van der Waals surface area contributed by atoms with Crippen LogP contribution in [0, 0.1) is 3.57 Å². The highest BCUT2D eigenvalue weighted by molar-refractivity contribution is 14.1. The summed E-state index contributed by atoms with van der Waals surface area (Å²) in [4.78, 5) is 12.4. The molecule has 6 heteroatoms. The summed E-state index contributed by atoms with van der Waals surface area (Å²) >= 11 is 11.6. The van der Waals surface area contributed by atoms with Crippen molar-refractivity contribution in [1.82, 2.24) is 0 Å². The van der Waals surface area contributed by atoms with Gasteiger partial charge in [0.25, 0.3) is 5.91 Å². The monoisotopic (exact) mass is 479 g/mol. The van der Waals surface area contributed by atoms with Crippen molar-refractivity contribution < 1.29 is 9.53 Å². The van der Waals surface area contributed by atoms with Crippen LogP contribution >= 0.6 is 50.1 Å². The molecule has 0 bridgehead atoms. The highest BCUT2D eigenvalue weighted by Crippen LogP contribution is 2.37. The zero-order chi connectivity index (χ0) is 15.4. The summed E-state index contributed by atoms with van der Waals surface area (Å²) in [5, 5.41) is 3.37. The van der Waals surface area contributed by atoms with E-state index >= 15 is 0 Å². The predicted octanol–water partition coefficient (Wildman–Crippen LogP) is 5.36. The summed E-state index contributed by atoms with van der Waals surface area (Å²) in [6.45, 7) is 2.37. The number of ether oxygens (including phenoxy) is 1. The first kappa shape index (κ1) is 16.6. The van der Waals surface area contributed by atoms with Crippen molar-refractivity contribution in [3.63, 3.8) is 0 Å². The topological polar surface area (TPSA) is 38.3 Å². The third kappa shape index (κ3) is 4.11. The first-order valence-electron chi connectivity index (χ1n) is 6.20. The number of rotatable bonds is 4. The van der Waals surface area contributed by atoms with Gasteiger partial charge < -0.3 is 10.1 Å². The average Bonchev–Trinajstić information content (AvgIpc) is 2.43. The van der Waals surface area contributed by atoms with Crippen LogP contribution in [0.4, 0.5) is 5.69 Å². The molecule has 0 atom stereocenters. The number of carbonyl (C=O) groups excluding carboxylic acids is 1. The maximum Gasteiger partial charge on any atom is 0.256 e. The van der Waals surface area contributed by atoms with Crippen LogP contribution in [-0.4, -0.2) is 12.5 Å². The molecule has 0 saturated heterocycles. The summed E-state index contributed by atoms with van der Waals surface area (Å²) in [5.41, 5.74) is 1.15.